The number of aryl methyl sites for hydroxylation is 1. The van der Waals surface area contributed by atoms with Crippen molar-refractivity contribution < 1.29 is 4.79 Å². The van der Waals surface area contributed by atoms with Gasteiger partial charge in [0, 0.05) is 18.8 Å². The number of benzene rings is 1. The monoisotopic (exact) mass is 266 g/mol. The summed E-state index contributed by atoms with van der Waals surface area (Å²) in [4.78, 5) is 12.1. The van der Waals surface area contributed by atoms with E-state index in [1.807, 2.05) is 32.0 Å². The second kappa shape index (κ2) is 8.03. The molecule has 0 atom stereocenters. The molecule has 0 fully saturated rings. The van der Waals surface area contributed by atoms with Gasteiger partial charge < -0.3 is 10.6 Å². The van der Waals surface area contributed by atoms with Crippen molar-refractivity contribution in [2.75, 3.05) is 30.4 Å². The van der Waals surface area contributed by atoms with Crippen LogP contribution in [0.2, 0.25) is 0 Å². The molecule has 4 heteroatoms. The highest BCUT2D eigenvalue weighted by Gasteiger charge is 2.10. The van der Waals surface area contributed by atoms with Crippen LogP contribution in [0, 0.1) is 6.92 Å². The highest BCUT2D eigenvalue weighted by atomic mass is 32.2. The normalized spacial score (nSPS) is 10.2. The van der Waals surface area contributed by atoms with Crippen LogP contribution in [0.3, 0.4) is 0 Å². The van der Waals surface area contributed by atoms with Gasteiger partial charge in [-0.1, -0.05) is 11.6 Å². The Labute approximate surface area is 114 Å². The molecule has 100 valence electrons. The molecule has 1 amide bonds. The first-order chi connectivity index (χ1) is 8.69. The summed E-state index contributed by atoms with van der Waals surface area (Å²) < 4.78 is 0. The van der Waals surface area contributed by atoms with Gasteiger partial charge in [-0.25, -0.2) is 0 Å². The molecular formula is C14H22N2OS. The molecule has 0 radical (unpaired) electrons. The first-order valence-corrected chi connectivity index (χ1v) is 7.70. The van der Waals surface area contributed by atoms with E-state index in [4.69, 9.17) is 0 Å². The number of rotatable bonds is 7. The van der Waals surface area contributed by atoms with Gasteiger partial charge in [0.15, 0.2) is 0 Å². The van der Waals surface area contributed by atoms with Crippen LogP contribution in [0.5, 0.6) is 0 Å². The van der Waals surface area contributed by atoms with E-state index in [0.29, 0.717) is 0 Å². The van der Waals surface area contributed by atoms with Crippen molar-refractivity contribution in [2.45, 2.75) is 20.3 Å². The van der Waals surface area contributed by atoms with Crippen LogP contribution in [0.25, 0.3) is 0 Å². The molecule has 3 nitrogen and oxygen atoms in total. The summed E-state index contributed by atoms with van der Waals surface area (Å²) in [5, 5.41) is 6.19. The molecule has 0 saturated carbocycles. The summed E-state index contributed by atoms with van der Waals surface area (Å²) in [7, 11) is 0. The first-order valence-electron chi connectivity index (χ1n) is 6.30. The number of amides is 1. The van der Waals surface area contributed by atoms with Gasteiger partial charge in [-0.15, -0.1) is 0 Å². The largest absolute Gasteiger partial charge is 0.385 e. The standard InChI is InChI=1S/C14H22N2OS/c1-4-15-13-7-6-11(2)10-12(13)14(17)16-8-5-9-18-3/h6-7,10,15H,4-5,8-9H2,1-3H3,(H,16,17). The third-order valence-electron chi connectivity index (χ3n) is 2.60. The number of carbonyl (C=O) groups excluding carboxylic acids is 1. The predicted octanol–water partition coefficient (Wildman–Crippen LogP) is 2.91. The molecule has 0 bridgehead atoms. The average Bonchev–Trinajstić information content (AvgIpc) is 2.37. The van der Waals surface area contributed by atoms with Crippen LogP contribution in [-0.4, -0.2) is 31.0 Å². The predicted molar refractivity (Wildman–Crippen MR) is 80.7 cm³/mol. The molecule has 0 saturated heterocycles. The summed E-state index contributed by atoms with van der Waals surface area (Å²) in [5.41, 5.74) is 2.75. The molecule has 0 unspecified atom stereocenters. The van der Waals surface area contributed by atoms with E-state index >= 15 is 0 Å². The van der Waals surface area contributed by atoms with Crippen molar-refractivity contribution in [3.63, 3.8) is 0 Å². The minimum Gasteiger partial charge on any atom is -0.385 e. The molecule has 0 aliphatic rings. The second-order valence-electron chi connectivity index (χ2n) is 4.18. The lowest BCUT2D eigenvalue weighted by Crippen LogP contribution is -2.26. The molecule has 0 aromatic heterocycles. The maximum absolute atomic E-state index is 12.1. The summed E-state index contributed by atoms with van der Waals surface area (Å²) in [5.74, 6) is 1.09. The van der Waals surface area contributed by atoms with E-state index in [1.54, 1.807) is 11.8 Å². The topological polar surface area (TPSA) is 41.1 Å². The fourth-order valence-corrected chi connectivity index (χ4v) is 2.14. The zero-order valence-corrected chi connectivity index (χ0v) is 12.2. The van der Waals surface area contributed by atoms with Crippen molar-refractivity contribution in [3.8, 4) is 0 Å². The van der Waals surface area contributed by atoms with Gasteiger partial charge in [-0.2, -0.15) is 11.8 Å². The van der Waals surface area contributed by atoms with Crippen molar-refractivity contribution >= 4 is 23.4 Å². The van der Waals surface area contributed by atoms with Crippen molar-refractivity contribution in [2.24, 2.45) is 0 Å². The molecule has 1 rings (SSSR count). The van der Waals surface area contributed by atoms with E-state index in [2.05, 4.69) is 16.9 Å². The van der Waals surface area contributed by atoms with Gasteiger partial charge in [0.1, 0.15) is 0 Å². The van der Waals surface area contributed by atoms with Crippen LogP contribution < -0.4 is 10.6 Å². The van der Waals surface area contributed by atoms with Gasteiger partial charge in [0.25, 0.3) is 5.91 Å². The minimum absolute atomic E-state index is 0.00996. The van der Waals surface area contributed by atoms with E-state index in [-0.39, 0.29) is 5.91 Å². The summed E-state index contributed by atoms with van der Waals surface area (Å²) >= 11 is 1.80. The molecule has 1 aromatic carbocycles. The van der Waals surface area contributed by atoms with Gasteiger partial charge in [-0.3, -0.25) is 4.79 Å². The number of carbonyl (C=O) groups is 1. The zero-order valence-electron chi connectivity index (χ0n) is 11.4. The van der Waals surface area contributed by atoms with Crippen LogP contribution in [0.1, 0.15) is 29.3 Å². The summed E-state index contributed by atoms with van der Waals surface area (Å²) in [6.07, 6.45) is 3.08. The van der Waals surface area contributed by atoms with E-state index < -0.39 is 0 Å². The molecule has 0 aliphatic carbocycles. The highest BCUT2D eigenvalue weighted by Crippen LogP contribution is 2.17. The smallest absolute Gasteiger partial charge is 0.253 e. The van der Waals surface area contributed by atoms with Crippen LogP contribution in [0.15, 0.2) is 18.2 Å². The molecule has 0 aliphatic heterocycles. The van der Waals surface area contributed by atoms with Crippen molar-refractivity contribution in [1.29, 1.82) is 0 Å². The molecule has 0 heterocycles. The Bertz CT molecular complexity index is 393. The van der Waals surface area contributed by atoms with Gasteiger partial charge in [-0.05, 0) is 44.4 Å². The number of nitrogens with one attached hydrogen (secondary N) is 2. The Balaban J connectivity index is 2.67. The van der Waals surface area contributed by atoms with Crippen molar-refractivity contribution in [1.82, 2.24) is 5.32 Å². The number of hydrogen-bond donors (Lipinski definition) is 2. The van der Waals surface area contributed by atoms with Crippen LogP contribution in [-0.2, 0) is 0 Å². The average molecular weight is 266 g/mol. The quantitative estimate of drug-likeness (QED) is 0.746. The minimum atomic E-state index is 0.00996. The van der Waals surface area contributed by atoms with Gasteiger partial charge >= 0.3 is 0 Å². The summed E-state index contributed by atoms with van der Waals surface area (Å²) in [6, 6.07) is 5.92. The molecule has 1 aromatic rings. The Morgan fingerprint density at radius 1 is 1.39 bits per heavy atom. The molecular weight excluding hydrogens is 244 g/mol. The third kappa shape index (κ3) is 4.61. The maximum atomic E-state index is 12.1. The Kier molecular flexibility index (Phi) is 6.65. The van der Waals surface area contributed by atoms with Crippen LogP contribution >= 0.6 is 11.8 Å². The van der Waals surface area contributed by atoms with Crippen molar-refractivity contribution in [3.05, 3.63) is 29.3 Å². The summed E-state index contributed by atoms with van der Waals surface area (Å²) in [6.45, 7) is 5.58. The Morgan fingerprint density at radius 3 is 2.83 bits per heavy atom. The molecule has 2 N–H and O–H groups in total. The second-order valence-corrected chi connectivity index (χ2v) is 5.17. The number of hydrogen-bond acceptors (Lipinski definition) is 3. The Hall–Kier alpha value is -1.16. The van der Waals surface area contributed by atoms with E-state index in [0.717, 1.165) is 42.1 Å². The van der Waals surface area contributed by atoms with Gasteiger partial charge in [0.05, 0.1) is 5.56 Å². The lowest BCUT2D eigenvalue weighted by molar-refractivity contribution is 0.0954. The molecule has 0 spiro atoms. The fourth-order valence-electron chi connectivity index (χ4n) is 1.70. The first kappa shape index (κ1) is 14.9. The lowest BCUT2D eigenvalue weighted by Gasteiger charge is -2.12. The molecule has 18 heavy (non-hydrogen) atoms. The van der Waals surface area contributed by atoms with E-state index in [9.17, 15) is 4.79 Å². The maximum Gasteiger partial charge on any atom is 0.253 e. The number of anilines is 1. The Morgan fingerprint density at radius 2 is 2.17 bits per heavy atom. The highest BCUT2D eigenvalue weighted by molar-refractivity contribution is 7.98. The van der Waals surface area contributed by atoms with E-state index in [1.165, 1.54) is 0 Å². The lowest BCUT2D eigenvalue weighted by atomic mass is 10.1. The zero-order chi connectivity index (χ0) is 13.4. The fraction of sp³-hybridized carbons (Fsp3) is 0.500. The number of thioether (sulfide) groups is 1. The SMILES string of the molecule is CCNc1ccc(C)cc1C(=O)NCCCSC. The van der Waals surface area contributed by atoms with Crippen LogP contribution in [0.4, 0.5) is 5.69 Å². The van der Waals surface area contributed by atoms with Gasteiger partial charge in [0.2, 0.25) is 0 Å². The third-order valence-corrected chi connectivity index (χ3v) is 3.29.